The SMILES string of the molecule is CCC(C(=O)NC1CCCC1)N(Cc1ccccc1)C(=O)CN(c1cccc(C(C)=O)c1)S(C)(=O)=O. The van der Waals surface area contributed by atoms with Crippen molar-refractivity contribution >= 4 is 33.3 Å². The van der Waals surface area contributed by atoms with Crippen molar-refractivity contribution in [3.8, 4) is 0 Å². The highest BCUT2D eigenvalue weighted by Gasteiger charge is 2.33. The van der Waals surface area contributed by atoms with Crippen LogP contribution in [-0.2, 0) is 26.2 Å². The molecule has 0 aliphatic heterocycles. The first kappa shape index (κ1) is 27.4. The lowest BCUT2D eigenvalue weighted by molar-refractivity contribution is -0.140. The fourth-order valence-electron chi connectivity index (χ4n) is 4.56. The molecule has 1 fully saturated rings. The van der Waals surface area contributed by atoms with Crippen LogP contribution in [0.25, 0.3) is 0 Å². The van der Waals surface area contributed by atoms with Crippen LogP contribution in [0.1, 0.15) is 61.9 Å². The molecular weight excluding hydrogens is 478 g/mol. The molecule has 1 saturated carbocycles. The van der Waals surface area contributed by atoms with Crippen molar-refractivity contribution in [1.29, 1.82) is 0 Å². The van der Waals surface area contributed by atoms with Gasteiger partial charge in [-0.05, 0) is 43.9 Å². The van der Waals surface area contributed by atoms with Crippen molar-refractivity contribution < 1.29 is 22.8 Å². The number of ketones is 1. The summed E-state index contributed by atoms with van der Waals surface area (Å²) in [6, 6.07) is 14.9. The highest BCUT2D eigenvalue weighted by atomic mass is 32.2. The number of anilines is 1. The molecule has 194 valence electrons. The number of nitrogens with zero attached hydrogens (tertiary/aromatic N) is 2. The van der Waals surface area contributed by atoms with Gasteiger partial charge in [-0.25, -0.2) is 8.42 Å². The fourth-order valence-corrected chi connectivity index (χ4v) is 5.40. The van der Waals surface area contributed by atoms with E-state index in [1.807, 2.05) is 37.3 Å². The van der Waals surface area contributed by atoms with Crippen LogP contribution in [-0.4, -0.2) is 55.8 Å². The van der Waals surface area contributed by atoms with Crippen LogP contribution in [0.15, 0.2) is 54.6 Å². The highest BCUT2D eigenvalue weighted by Crippen LogP contribution is 2.22. The van der Waals surface area contributed by atoms with E-state index in [9.17, 15) is 22.8 Å². The van der Waals surface area contributed by atoms with E-state index in [1.165, 1.54) is 17.9 Å². The number of Topliss-reactive ketones (excluding diaryl/α,β-unsaturated/α-hetero) is 1. The Balaban J connectivity index is 1.92. The molecule has 0 bridgehead atoms. The Bertz CT molecular complexity index is 1180. The fraction of sp³-hybridized carbons (Fsp3) is 0.444. The van der Waals surface area contributed by atoms with Crippen molar-refractivity contribution in [2.24, 2.45) is 0 Å². The molecule has 1 N–H and O–H groups in total. The number of hydrogen-bond acceptors (Lipinski definition) is 5. The molecular formula is C27H35N3O5S. The second-order valence-electron chi connectivity index (χ2n) is 9.30. The van der Waals surface area contributed by atoms with E-state index < -0.39 is 28.5 Å². The van der Waals surface area contributed by atoms with Gasteiger partial charge >= 0.3 is 0 Å². The summed E-state index contributed by atoms with van der Waals surface area (Å²) in [5, 5.41) is 3.08. The molecule has 0 spiro atoms. The minimum absolute atomic E-state index is 0.0991. The van der Waals surface area contributed by atoms with Gasteiger partial charge in [0.1, 0.15) is 12.6 Å². The first-order valence-corrected chi connectivity index (χ1v) is 14.2. The smallest absolute Gasteiger partial charge is 0.244 e. The normalized spacial score (nSPS) is 14.8. The number of carbonyl (C=O) groups excluding carboxylic acids is 3. The molecule has 1 aliphatic rings. The number of rotatable bonds is 11. The van der Waals surface area contributed by atoms with Crippen LogP contribution in [0.3, 0.4) is 0 Å². The van der Waals surface area contributed by atoms with Crippen LogP contribution >= 0.6 is 0 Å². The third-order valence-corrected chi connectivity index (χ3v) is 7.64. The maximum absolute atomic E-state index is 13.7. The summed E-state index contributed by atoms with van der Waals surface area (Å²) in [5.41, 5.74) is 1.40. The second kappa shape index (κ2) is 12.2. The van der Waals surface area contributed by atoms with Gasteiger partial charge < -0.3 is 10.2 Å². The topological polar surface area (TPSA) is 104 Å². The third-order valence-electron chi connectivity index (χ3n) is 6.50. The number of nitrogens with one attached hydrogen (secondary N) is 1. The quantitative estimate of drug-likeness (QED) is 0.463. The Hall–Kier alpha value is -3.20. The van der Waals surface area contributed by atoms with E-state index in [1.54, 1.807) is 18.2 Å². The molecule has 36 heavy (non-hydrogen) atoms. The Morgan fingerprint density at radius 3 is 2.28 bits per heavy atom. The Kier molecular flexibility index (Phi) is 9.25. The Morgan fingerprint density at radius 1 is 1.03 bits per heavy atom. The summed E-state index contributed by atoms with van der Waals surface area (Å²) < 4.78 is 26.4. The Morgan fingerprint density at radius 2 is 1.69 bits per heavy atom. The van der Waals surface area contributed by atoms with Crippen LogP contribution in [0.2, 0.25) is 0 Å². The lowest BCUT2D eigenvalue weighted by Crippen LogP contribution is -2.53. The van der Waals surface area contributed by atoms with Crippen molar-refractivity contribution in [3.63, 3.8) is 0 Å². The van der Waals surface area contributed by atoms with Crippen LogP contribution in [0, 0.1) is 0 Å². The third kappa shape index (κ3) is 7.16. The average Bonchev–Trinajstić information content (AvgIpc) is 3.35. The summed E-state index contributed by atoms with van der Waals surface area (Å²) >= 11 is 0. The molecule has 1 unspecified atom stereocenters. The van der Waals surface area contributed by atoms with Gasteiger partial charge in [-0.3, -0.25) is 18.7 Å². The summed E-state index contributed by atoms with van der Waals surface area (Å²) in [6.07, 6.45) is 5.38. The van der Waals surface area contributed by atoms with Crippen molar-refractivity contribution in [1.82, 2.24) is 10.2 Å². The number of sulfonamides is 1. The predicted molar refractivity (Wildman–Crippen MR) is 140 cm³/mol. The highest BCUT2D eigenvalue weighted by molar-refractivity contribution is 7.92. The molecule has 3 rings (SSSR count). The number of hydrogen-bond donors (Lipinski definition) is 1. The molecule has 1 aliphatic carbocycles. The van der Waals surface area contributed by atoms with Gasteiger partial charge in [0.05, 0.1) is 11.9 Å². The minimum atomic E-state index is -3.86. The van der Waals surface area contributed by atoms with Gasteiger partial charge in [0.25, 0.3) is 0 Å². The zero-order valence-electron chi connectivity index (χ0n) is 21.1. The molecule has 0 aromatic heterocycles. The summed E-state index contributed by atoms with van der Waals surface area (Å²) in [7, 11) is -3.86. The van der Waals surface area contributed by atoms with Crippen molar-refractivity contribution in [2.75, 3.05) is 17.1 Å². The lowest BCUT2D eigenvalue weighted by atomic mass is 10.1. The zero-order valence-corrected chi connectivity index (χ0v) is 22.0. The minimum Gasteiger partial charge on any atom is -0.352 e. The van der Waals surface area contributed by atoms with Crippen LogP contribution in [0.5, 0.6) is 0 Å². The predicted octanol–water partition coefficient (Wildman–Crippen LogP) is 3.52. The average molecular weight is 514 g/mol. The number of amides is 2. The van der Waals surface area contributed by atoms with Crippen LogP contribution < -0.4 is 9.62 Å². The molecule has 1 atom stereocenters. The van der Waals surface area contributed by atoms with Crippen molar-refractivity contribution in [2.45, 2.75) is 64.6 Å². The standard InChI is InChI=1S/C27H35N3O5S/c1-4-25(27(33)28-23-14-8-9-15-23)29(18-21-11-6-5-7-12-21)26(32)19-30(36(3,34)35)24-16-10-13-22(17-24)20(2)31/h5-7,10-13,16-17,23,25H,4,8-9,14-15,18-19H2,1-3H3,(H,28,33). The molecule has 2 aromatic rings. The second-order valence-corrected chi connectivity index (χ2v) is 11.2. The van der Waals surface area contributed by atoms with Gasteiger partial charge in [-0.2, -0.15) is 0 Å². The zero-order chi connectivity index (χ0) is 26.3. The molecule has 8 nitrogen and oxygen atoms in total. The molecule has 0 radical (unpaired) electrons. The van der Waals surface area contributed by atoms with Gasteiger partial charge in [0.15, 0.2) is 5.78 Å². The summed E-state index contributed by atoms with van der Waals surface area (Å²) in [5.74, 6) is -0.930. The monoisotopic (exact) mass is 513 g/mol. The van der Waals surface area contributed by atoms with E-state index in [-0.39, 0.29) is 30.0 Å². The van der Waals surface area contributed by atoms with Gasteiger partial charge in [-0.1, -0.05) is 62.2 Å². The summed E-state index contributed by atoms with van der Waals surface area (Å²) in [6.45, 7) is 2.92. The van der Waals surface area contributed by atoms with Crippen LogP contribution in [0.4, 0.5) is 5.69 Å². The van der Waals surface area contributed by atoms with Crippen molar-refractivity contribution in [3.05, 3.63) is 65.7 Å². The van der Waals surface area contributed by atoms with E-state index in [0.29, 0.717) is 12.0 Å². The summed E-state index contributed by atoms with van der Waals surface area (Å²) in [4.78, 5) is 40.3. The lowest BCUT2D eigenvalue weighted by Gasteiger charge is -2.33. The largest absolute Gasteiger partial charge is 0.352 e. The first-order chi connectivity index (χ1) is 17.1. The molecule has 0 saturated heterocycles. The van der Waals surface area contributed by atoms with Gasteiger partial charge in [0, 0.05) is 18.2 Å². The van der Waals surface area contributed by atoms with E-state index in [2.05, 4.69) is 5.32 Å². The molecule has 9 heteroatoms. The molecule has 2 amide bonds. The van der Waals surface area contributed by atoms with Gasteiger partial charge in [0.2, 0.25) is 21.8 Å². The molecule has 2 aromatic carbocycles. The number of benzene rings is 2. The maximum Gasteiger partial charge on any atom is 0.244 e. The van der Waals surface area contributed by atoms with Gasteiger partial charge in [-0.15, -0.1) is 0 Å². The first-order valence-electron chi connectivity index (χ1n) is 12.3. The molecule has 0 heterocycles. The van der Waals surface area contributed by atoms with E-state index >= 15 is 0 Å². The van der Waals surface area contributed by atoms with E-state index in [0.717, 1.165) is 41.8 Å². The maximum atomic E-state index is 13.7. The Labute approximate surface area is 213 Å². The van der Waals surface area contributed by atoms with E-state index in [4.69, 9.17) is 0 Å². The number of carbonyl (C=O) groups is 3.